The molecule has 3 N–H and O–H groups in total. The fraction of sp³-hybridized carbons (Fsp3) is 0.417. The Hall–Kier alpha value is -1.71. The number of ketones is 1. The maximum atomic E-state index is 11.5. The summed E-state index contributed by atoms with van der Waals surface area (Å²) in [5, 5.41) is 7.13. The van der Waals surface area contributed by atoms with E-state index in [1.165, 1.54) is 12.3 Å². The number of allylic oxidation sites excluding steroid dienone is 4. The molecule has 0 aromatic carbocycles. The molecule has 4 heteroatoms. The van der Waals surface area contributed by atoms with Crippen molar-refractivity contribution in [2.24, 2.45) is 16.6 Å². The van der Waals surface area contributed by atoms with Crippen molar-refractivity contribution in [3.63, 3.8) is 0 Å². The van der Waals surface area contributed by atoms with Gasteiger partial charge >= 0.3 is 0 Å². The predicted molar refractivity (Wildman–Crippen MR) is 67.8 cm³/mol. The predicted octanol–water partition coefficient (Wildman–Crippen LogP) is 2.07. The third-order valence-electron chi connectivity index (χ3n) is 2.10. The van der Waals surface area contributed by atoms with Crippen LogP contribution in [0.2, 0.25) is 0 Å². The molecule has 0 aromatic heterocycles. The van der Waals surface area contributed by atoms with Gasteiger partial charge in [0.05, 0.1) is 5.70 Å². The highest BCUT2D eigenvalue weighted by molar-refractivity contribution is 5.97. The summed E-state index contributed by atoms with van der Waals surface area (Å²) in [5.74, 6) is -0.0384. The minimum Gasteiger partial charge on any atom is -0.402 e. The van der Waals surface area contributed by atoms with Crippen LogP contribution in [0.4, 0.5) is 0 Å². The Morgan fingerprint density at radius 3 is 2.62 bits per heavy atom. The lowest BCUT2D eigenvalue weighted by Gasteiger charge is -2.02. The van der Waals surface area contributed by atoms with Gasteiger partial charge in [0.15, 0.2) is 5.78 Å². The van der Waals surface area contributed by atoms with Gasteiger partial charge in [0.2, 0.25) is 0 Å². The van der Waals surface area contributed by atoms with Gasteiger partial charge in [0.1, 0.15) is 0 Å². The standard InChI is InChI=1S/C12H19N3O/c1-4-9(2)12(16)7-11(8-13)15-6-5-10(3)14/h5-9,13H,4,14H2,1-3H3/b10-5?,11-7+,13-8?,15-6?. The maximum absolute atomic E-state index is 11.5. The first-order valence-corrected chi connectivity index (χ1v) is 5.23. The first kappa shape index (κ1) is 14.3. The van der Waals surface area contributed by atoms with Crippen molar-refractivity contribution in [3.05, 3.63) is 23.5 Å². The van der Waals surface area contributed by atoms with Crippen molar-refractivity contribution in [3.8, 4) is 0 Å². The monoisotopic (exact) mass is 221 g/mol. The minimum absolute atomic E-state index is 0.00778. The number of hydrogen-bond donors (Lipinski definition) is 2. The molecule has 0 aliphatic carbocycles. The molecule has 0 spiro atoms. The smallest absolute Gasteiger partial charge is 0.160 e. The highest BCUT2D eigenvalue weighted by Crippen LogP contribution is 2.05. The Kier molecular flexibility index (Phi) is 6.76. The van der Waals surface area contributed by atoms with Gasteiger partial charge in [0, 0.05) is 30.1 Å². The van der Waals surface area contributed by atoms with Crippen LogP contribution in [-0.4, -0.2) is 18.2 Å². The summed E-state index contributed by atoms with van der Waals surface area (Å²) < 4.78 is 0. The summed E-state index contributed by atoms with van der Waals surface area (Å²) in [5.41, 5.74) is 6.38. The molecule has 4 nitrogen and oxygen atoms in total. The van der Waals surface area contributed by atoms with E-state index in [0.29, 0.717) is 11.4 Å². The third kappa shape index (κ3) is 5.90. The molecule has 1 atom stereocenters. The van der Waals surface area contributed by atoms with Crippen LogP contribution in [0, 0.1) is 11.3 Å². The summed E-state index contributed by atoms with van der Waals surface area (Å²) in [6.45, 7) is 5.54. The lowest BCUT2D eigenvalue weighted by molar-refractivity contribution is -0.117. The quantitative estimate of drug-likeness (QED) is 0.532. The van der Waals surface area contributed by atoms with Gasteiger partial charge in [-0.3, -0.25) is 9.79 Å². The van der Waals surface area contributed by atoms with Crippen molar-refractivity contribution in [2.45, 2.75) is 27.2 Å². The molecular weight excluding hydrogens is 202 g/mol. The zero-order valence-electron chi connectivity index (χ0n) is 10.0. The summed E-state index contributed by atoms with van der Waals surface area (Å²) in [4.78, 5) is 15.5. The molecule has 0 fully saturated rings. The number of nitrogens with one attached hydrogen (secondary N) is 1. The average molecular weight is 221 g/mol. The largest absolute Gasteiger partial charge is 0.402 e. The van der Waals surface area contributed by atoms with Crippen LogP contribution in [-0.2, 0) is 4.79 Å². The zero-order chi connectivity index (χ0) is 12.6. The summed E-state index contributed by atoms with van der Waals surface area (Å²) >= 11 is 0. The molecule has 16 heavy (non-hydrogen) atoms. The van der Waals surface area contributed by atoms with Crippen LogP contribution in [0.25, 0.3) is 0 Å². The van der Waals surface area contributed by atoms with Crippen LogP contribution >= 0.6 is 0 Å². The second-order valence-electron chi connectivity index (χ2n) is 3.61. The SMILES string of the molecule is CCC(C)C(=O)/C=C(\C=N)N=CC=C(C)N. The third-order valence-corrected chi connectivity index (χ3v) is 2.10. The fourth-order valence-electron chi connectivity index (χ4n) is 0.846. The Morgan fingerprint density at radius 2 is 2.19 bits per heavy atom. The van der Waals surface area contributed by atoms with Gasteiger partial charge < -0.3 is 11.1 Å². The van der Waals surface area contributed by atoms with E-state index in [9.17, 15) is 4.79 Å². The fourth-order valence-corrected chi connectivity index (χ4v) is 0.846. The lowest BCUT2D eigenvalue weighted by Crippen LogP contribution is -2.07. The van der Waals surface area contributed by atoms with Crippen LogP contribution < -0.4 is 5.73 Å². The van der Waals surface area contributed by atoms with E-state index in [2.05, 4.69) is 4.99 Å². The molecule has 0 aliphatic heterocycles. The molecule has 0 aromatic rings. The summed E-state index contributed by atoms with van der Waals surface area (Å²) in [6, 6.07) is 0. The van der Waals surface area contributed by atoms with Gasteiger partial charge in [-0.2, -0.15) is 0 Å². The number of rotatable bonds is 6. The topological polar surface area (TPSA) is 79.3 Å². The van der Waals surface area contributed by atoms with E-state index in [-0.39, 0.29) is 11.7 Å². The van der Waals surface area contributed by atoms with Crippen LogP contribution in [0.15, 0.2) is 28.5 Å². The van der Waals surface area contributed by atoms with Crippen LogP contribution in [0.1, 0.15) is 27.2 Å². The lowest BCUT2D eigenvalue weighted by atomic mass is 10.0. The first-order chi connectivity index (χ1) is 7.51. The molecule has 0 saturated heterocycles. The molecular formula is C12H19N3O. The van der Waals surface area contributed by atoms with Crippen molar-refractivity contribution >= 4 is 18.2 Å². The van der Waals surface area contributed by atoms with Gasteiger partial charge in [-0.05, 0) is 19.4 Å². The number of nitrogens with two attached hydrogens (primary N) is 1. The summed E-state index contributed by atoms with van der Waals surface area (Å²) in [6.07, 6.45) is 6.32. The number of carbonyl (C=O) groups excluding carboxylic acids is 1. The zero-order valence-corrected chi connectivity index (χ0v) is 10.0. The van der Waals surface area contributed by atoms with Gasteiger partial charge in [-0.25, -0.2) is 0 Å². The average Bonchev–Trinajstić information content (AvgIpc) is 2.25. The molecule has 0 saturated carbocycles. The van der Waals surface area contributed by atoms with E-state index in [4.69, 9.17) is 11.1 Å². The molecule has 88 valence electrons. The highest BCUT2D eigenvalue weighted by Gasteiger charge is 2.07. The number of aliphatic imine (C=N–C) groups is 1. The molecule has 0 amide bonds. The number of carbonyl (C=O) groups is 1. The Balaban J connectivity index is 4.67. The molecule has 0 bridgehead atoms. The highest BCUT2D eigenvalue weighted by atomic mass is 16.1. The van der Waals surface area contributed by atoms with Gasteiger partial charge in [-0.1, -0.05) is 13.8 Å². The van der Waals surface area contributed by atoms with E-state index in [1.54, 1.807) is 13.0 Å². The molecule has 0 rings (SSSR count). The molecule has 0 radical (unpaired) electrons. The van der Waals surface area contributed by atoms with Crippen LogP contribution in [0.3, 0.4) is 0 Å². The molecule has 0 aliphatic rings. The second-order valence-corrected chi connectivity index (χ2v) is 3.61. The van der Waals surface area contributed by atoms with E-state index in [0.717, 1.165) is 12.6 Å². The van der Waals surface area contributed by atoms with Gasteiger partial charge in [-0.15, -0.1) is 0 Å². The molecule has 1 unspecified atom stereocenters. The number of nitrogens with zero attached hydrogens (tertiary/aromatic N) is 1. The van der Waals surface area contributed by atoms with Crippen molar-refractivity contribution in [2.75, 3.05) is 0 Å². The van der Waals surface area contributed by atoms with Crippen molar-refractivity contribution in [1.82, 2.24) is 0 Å². The Labute approximate surface area is 96.5 Å². The molecule has 0 heterocycles. The van der Waals surface area contributed by atoms with E-state index >= 15 is 0 Å². The van der Waals surface area contributed by atoms with Crippen LogP contribution in [0.5, 0.6) is 0 Å². The Bertz CT molecular complexity index is 336. The number of hydrogen-bond acceptors (Lipinski definition) is 4. The van der Waals surface area contributed by atoms with Crippen molar-refractivity contribution < 1.29 is 4.79 Å². The maximum Gasteiger partial charge on any atom is 0.160 e. The first-order valence-electron chi connectivity index (χ1n) is 5.23. The Morgan fingerprint density at radius 1 is 1.56 bits per heavy atom. The van der Waals surface area contributed by atoms with Crippen molar-refractivity contribution in [1.29, 1.82) is 5.41 Å². The minimum atomic E-state index is -0.0306. The normalized spacial score (nSPS) is 15.2. The summed E-state index contributed by atoms with van der Waals surface area (Å²) in [7, 11) is 0. The second kappa shape index (κ2) is 7.56. The van der Waals surface area contributed by atoms with E-state index in [1.807, 2.05) is 13.8 Å². The van der Waals surface area contributed by atoms with E-state index < -0.39 is 0 Å². The van der Waals surface area contributed by atoms with Gasteiger partial charge in [0.25, 0.3) is 0 Å².